The number of hydrogen-bond acceptors (Lipinski definition) is 5. The van der Waals surface area contributed by atoms with Gasteiger partial charge in [-0.3, -0.25) is 9.10 Å². The molecule has 164 valence electrons. The van der Waals surface area contributed by atoms with Crippen LogP contribution in [0, 0.1) is 6.92 Å². The Morgan fingerprint density at radius 1 is 1.13 bits per heavy atom. The van der Waals surface area contributed by atoms with Crippen LogP contribution >= 0.6 is 11.6 Å². The van der Waals surface area contributed by atoms with Gasteiger partial charge >= 0.3 is 0 Å². The zero-order chi connectivity index (χ0) is 22.5. The molecule has 0 saturated carbocycles. The second-order valence-corrected chi connectivity index (χ2v) is 9.19. The molecule has 0 bridgehead atoms. The molecule has 2 aromatic carbocycles. The Morgan fingerprint density at radius 2 is 1.77 bits per heavy atom. The Kier molecular flexibility index (Phi) is 7.97. The van der Waals surface area contributed by atoms with Gasteiger partial charge in [0.05, 0.1) is 32.2 Å². The van der Waals surface area contributed by atoms with Crippen molar-refractivity contribution in [3.05, 3.63) is 52.5 Å². The Balaban J connectivity index is 2.28. The number of methoxy groups -OCH3 is 2. The summed E-state index contributed by atoms with van der Waals surface area (Å²) < 4.78 is 36.4. The first-order valence-corrected chi connectivity index (χ1v) is 11.6. The van der Waals surface area contributed by atoms with Crippen molar-refractivity contribution in [3.8, 4) is 11.5 Å². The number of carbonyl (C=O) groups excluding carboxylic acids is 1. The molecule has 0 aliphatic carbocycles. The molecule has 0 aromatic heterocycles. The van der Waals surface area contributed by atoms with Crippen molar-refractivity contribution in [2.24, 2.45) is 0 Å². The fourth-order valence-electron chi connectivity index (χ4n) is 3.15. The Bertz CT molecular complexity index is 1010. The summed E-state index contributed by atoms with van der Waals surface area (Å²) in [7, 11) is -0.743. The molecular formula is C21H27ClN2O5S. The van der Waals surface area contributed by atoms with E-state index in [1.807, 2.05) is 32.0 Å². The van der Waals surface area contributed by atoms with E-state index in [9.17, 15) is 13.2 Å². The molecule has 1 N–H and O–H groups in total. The molecule has 0 spiro atoms. The van der Waals surface area contributed by atoms with E-state index in [0.717, 1.165) is 27.4 Å². The van der Waals surface area contributed by atoms with Gasteiger partial charge in [0.25, 0.3) is 0 Å². The molecule has 0 heterocycles. The maximum atomic E-state index is 12.8. The molecule has 2 rings (SSSR count). The van der Waals surface area contributed by atoms with Crippen LogP contribution in [0.4, 0.5) is 5.69 Å². The highest BCUT2D eigenvalue weighted by Gasteiger charge is 2.25. The lowest BCUT2D eigenvalue weighted by Crippen LogP contribution is -2.41. The molecule has 0 aliphatic rings. The number of amides is 1. The average molecular weight is 455 g/mol. The Hall–Kier alpha value is -2.45. The fraction of sp³-hybridized carbons (Fsp3) is 0.381. The number of nitrogens with zero attached hydrogens (tertiary/aromatic N) is 1. The lowest BCUT2D eigenvalue weighted by molar-refractivity contribution is -0.120. The zero-order valence-corrected chi connectivity index (χ0v) is 19.3. The highest BCUT2D eigenvalue weighted by molar-refractivity contribution is 7.92. The number of halogens is 1. The maximum Gasteiger partial charge on any atom is 0.241 e. The highest BCUT2D eigenvalue weighted by Crippen LogP contribution is 2.32. The monoisotopic (exact) mass is 454 g/mol. The van der Waals surface area contributed by atoms with E-state index in [-0.39, 0.29) is 11.7 Å². The van der Waals surface area contributed by atoms with Gasteiger partial charge in [-0.15, -0.1) is 0 Å². The normalized spacial score (nSPS) is 12.2. The molecule has 0 aliphatic heterocycles. The SMILES string of the molecule is CC[C@@H](NC(=O)CN(c1cc(Cl)ccc1OC)S(C)(=O)=O)c1ccc(OC)c(C)c1. The molecule has 1 amide bonds. The molecule has 0 radical (unpaired) electrons. The van der Waals surface area contributed by atoms with Gasteiger partial charge in [-0.05, 0) is 48.7 Å². The van der Waals surface area contributed by atoms with Crippen molar-refractivity contribution in [1.29, 1.82) is 0 Å². The fourth-order valence-corrected chi connectivity index (χ4v) is 4.17. The number of benzene rings is 2. The van der Waals surface area contributed by atoms with Crippen molar-refractivity contribution in [2.75, 3.05) is 31.3 Å². The summed E-state index contributed by atoms with van der Waals surface area (Å²) in [5.41, 5.74) is 2.07. The van der Waals surface area contributed by atoms with Gasteiger partial charge in [0.2, 0.25) is 15.9 Å². The predicted octanol–water partition coefficient (Wildman–Crippen LogP) is 3.70. The minimum Gasteiger partial charge on any atom is -0.496 e. The van der Waals surface area contributed by atoms with E-state index in [1.54, 1.807) is 19.2 Å². The summed E-state index contributed by atoms with van der Waals surface area (Å²) in [6.45, 7) is 3.47. The molecule has 2 aromatic rings. The Labute approximate surface area is 183 Å². The molecule has 0 unspecified atom stereocenters. The number of anilines is 1. The number of aryl methyl sites for hydroxylation is 1. The lowest BCUT2D eigenvalue weighted by Gasteiger charge is -2.25. The van der Waals surface area contributed by atoms with Crippen LogP contribution in [-0.2, 0) is 14.8 Å². The van der Waals surface area contributed by atoms with Gasteiger partial charge in [0, 0.05) is 5.02 Å². The molecule has 0 saturated heterocycles. The van der Waals surface area contributed by atoms with E-state index < -0.39 is 22.5 Å². The van der Waals surface area contributed by atoms with Gasteiger partial charge < -0.3 is 14.8 Å². The van der Waals surface area contributed by atoms with Gasteiger partial charge in [-0.25, -0.2) is 8.42 Å². The summed E-state index contributed by atoms with van der Waals surface area (Å²) in [5.74, 6) is 0.620. The smallest absolute Gasteiger partial charge is 0.241 e. The van der Waals surface area contributed by atoms with Crippen molar-refractivity contribution < 1.29 is 22.7 Å². The molecule has 0 fully saturated rings. The third-order valence-corrected chi connectivity index (χ3v) is 6.02. The first-order valence-electron chi connectivity index (χ1n) is 9.35. The molecule has 1 atom stereocenters. The molecular weight excluding hydrogens is 428 g/mol. The summed E-state index contributed by atoms with van der Waals surface area (Å²) in [6.07, 6.45) is 1.67. The van der Waals surface area contributed by atoms with Crippen molar-refractivity contribution in [2.45, 2.75) is 26.3 Å². The first-order chi connectivity index (χ1) is 14.1. The number of hydrogen-bond donors (Lipinski definition) is 1. The van der Waals surface area contributed by atoms with Crippen LogP contribution in [-0.4, -0.2) is 41.3 Å². The maximum absolute atomic E-state index is 12.8. The van der Waals surface area contributed by atoms with Crippen LogP contribution < -0.4 is 19.1 Å². The summed E-state index contributed by atoms with van der Waals surface area (Å²) >= 11 is 6.04. The summed E-state index contributed by atoms with van der Waals surface area (Å²) in [6, 6.07) is 10.0. The van der Waals surface area contributed by atoms with Gasteiger partial charge in [0.15, 0.2) is 0 Å². The van der Waals surface area contributed by atoms with E-state index in [1.165, 1.54) is 13.2 Å². The molecule has 30 heavy (non-hydrogen) atoms. The second kappa shape index (κ2) is 10.0. The predicted molar refractivity (Wildman–Crippen MR) is 119 cm³/mol. The van der Waals surface area contributed by atoms with E-state index >= 15 is 0 Å². The van der Waals surface area contributed by atoms with Crippen LogP contribution in [0.25, 0.3) is 0 Å². The van der Waals surface area contributed by atoms with Gasteiger partial charge in [-0.1, -0.05) is 30.7 Å². The summed E-state index contributed by atoms with van der Waals surface area (Å²) in [4.78, 5) is 12.8. The third kappa shape index (κ3) is 5.79. The molecule has 7 nitrogen and oxygen atoms in total. The minimum absolute atomic E-state index is 0.205. The largest absolute Gasteiger partial charge is 0.496 e. The summed E-state index contributed by atoms with van der Waals surface area (Å²) in [5, 5.41) is 3.25. The van der Waals surface area contributed by atoms with Crippen molar-refractivity contribution in [1.82, 2.24) is 5.32 Å². The Morgan fingerprint density at radius 3 is 2.30 bits per heavy atom. The molecule has 9 heteroatoms. The lowest BCUT2D eigenvalue weighted by atomic mass is 10.0. The third-order valence-electron chi connectivity index (χ3n) is 4.66. The zero-order valence-electron chi connectivity index (χ0n) is 17.7. The number of rotatable bonds is 9. The van der Waals surface area contributed by atoms with Crippen molar-refractivity contribution >= 4 is 33.2 Å². The standard InChI is InChI=1S/C21H27ClN2O5S/c1-6-17(15-7-9-19(28-3)14(2)11-15)23-21(25)13-24(30(5,26)27)18-12-16(22)8-10-20(18)29-4/h7-12,17H,6,13H2,1-5H3,(H,23,25)/t17-/m1/s1. The van der Waals surface area contributed by atoms with Crippen LogP contribution in [0.1, 0.15) is 30.5 Å². The second-order valence-electron chi connectivity index (χ2n) is 6.84. The quantitative estimate of drug-likeness (QED) is 0.624. The minimum atomic E-state index is -3.77. The van der Waals surface area contributed by atoms with E-state index in [4.69, 9.17) is 21.1 Å². The number of sulfonamides is 1. The van der Waals surface area contributed by atoms with E-state index in [2.05, 4.69) is 5.32 Å². The van der Waals surface area contributed by atoms with Crippen LogP contribution in [0.2, 0.25) is 5.02 Å². The number of nitrogens with one attached hydrogen (secondary N) is 1. The van der Waals surface area contributed by atoms with Crippen LogP contribution in [0.3, 0.4) is 0 Å². The van der Waals surface area contributed by atoms with Crippen molar-refractivity contribution in [3.63, 3.8) is 0 Å². The number of carbonyl (C=O) groups is 1. The first kappa shape index (κ1) is 23.8. The van der Waals surface area contributed by atoms with Crippen LogP contribution in [0.15, 0.2) is 36.4 Å². The van der Waals surface area contributed by atoms with Gasteiger partial charge in [0.1, 0.15) is 18.0 Å². The highest BCUT2D eigenvalue weighted by atomic mass is 35.5. The van der Waals surface area contributed by atoms with Crippen LogP contribution in [0.5, 0.6) is 11.5 Å². The topological polar surface area (TPSA) is 84.9 Å². The van der Waals surface area contributed by atoms with Gasteiger partial charge in [-0.2, -0.15) is 0 Å². The van der Waals surface area contributed by atoms with E-state index in [0.29, 0.717) is 17.2 Å². The number of ether oxygens (including phenoxy) is 2. The average Bonchev–Trinajstić information content (AvgIpc) is 2.69.